The fourth-order valence-electron chi connectivity index (χ4n) is 2.87. The summed E-state index contributed by atoms with van der Waals surface area (Å²) in [6.07, 6.45) is 10.3. The van der Waals surface area contributed by atoms with Gasteiger partial charge in [0.1, 0.15) is 0 Å². The van der Waals surface area contributed by atoms with Gasteiger partial charge in [-0.25, -0.2) is 0 Å². The molecule has 0 aliphatic carbocycles. The Morgan fingerprint density at radius 2 is 1.15 bits per heavy atom. The Kier molecular flexibility index (Phi) is 18.9. The molecule has 5 heteroatoms. The van der Waals surface area contributed by atoms with Gasteiger partial charge in [-0.15, -0.1) is 0 Å². The SMILES string of the molecule is CCCCC(CC)COC(=O)C[CH2][Sn][CH2]CC(=O)OCC(CC)CCCC. The molecule has 0 spiro atoms. The van der Waals surface area contributed by atoms with Crippen LogP contribution in [0.4, 0.5) is 0 Å². The summed E-state index contributed by atoms with van der Waals surface area (Å²) in [4.78, 5) is 23.7. The Morgan fingerprint density at radius 1 is 0.741 bits per heavy atom. The van der Waals surface area contributed by atoms with E-state index in [-0.39, 0.29) is 11.9 Å². The molecule has 0 saturated heterocycles. The Hall–Kier alpha value is -0.261. The molecule has 4 nitrogen and oxygen atoms in total. The van der Waals surface area contributed by atoms with E-state index in [9.17, 15) is 9.59 Å². The molecule has 2 unspecified atom stereocenters. The van der Waals surface area contributed by atoms with E-state index >= 15 is 0 Å². The first kappa shape index (κ1) is 26.7. The minimum atomic E-state index is -0.666. The fraction of sp³-hybridized carbons (Fsp3) is 0.909. The molecule has 0 fully saturated rings. The zero-order valence-electron chi connectivity index (χ0n) is 18.2. The normalized spacial score (nSPS) is 13.2. The van der Waals surface area contributed by atoms with Crippen LogP contribution >= 0.6 is 0 Å². The van der Waals surface area contributed by atoms with Crippen LogP contribution in [0, 0.1) is 11.8 Å². The van der Waals surface area contributed by atoms with E-state index < -0.39 is 21.1 Å². The second-order valence-electron chi connectivity index (χ2n) is 7.45. The third-order valence-electron chi connectivity index (χ3n) is 5.06. The van der Waals surface area contributed by atoms with Gasteiger partial charge in [-0.1, -0.05) is 0 Å². The first-order valence-electron chi connectivity index (χ1n) is 11.1. The Labute approximate surface area is 177 Å². The molecule has 0 saturated carbocycles. The van der Waals surface area contributed by atoms with Crippen molar-refractivity contribution >= 4 is 33.1 Å². The number of hydrogen-bond acceptors (Lipinski definition) is 4. The first-order chi connectivity index (χ1) is 13.1. The van der Waals surface area contributed by atoms with Crippen molar-refractivity contribution in [3.63, 3.8) is 0 Å². The van der Waals surface area contributed by atoms with Crippen LogP contribution in [0.3, 0.4) is 0 Å². The van der Waals surface area contributed by atoms with Crippen molar-refractivity contribution in [1.82, 2.24) is 0 Å². The number of unbranched alkanes of at least 4 members (excludes halogenated alkanes) is 2. The van der Waals surface area contributed by atoms with Gasteiger partial charge in [-0.3, -0.25) is 0 Å². The Morgan fingerprint density at radius 3 is 1.48 bits per heavy atom. The van der Waals surface area contributed by atoms with Crippen LogP contribution in [0.1, 0.15) is 91.9 Å². The summed E-state index contributed by atoms with van der Waals surface area (Å²) in [5, 5.41) is 0. The fourth-order valence-corrected chi connectivity index (χ4v) is 5.76. The van der Waals surface area contributed by atoms with Gasteiger partial charge in [0.15, 0.2) is 0 Å². The topological polar surface area (TPSA) is 52.6 Å². The van der Waals surface area contributed by atoms with Crippen molar-refractivity contribution in [3.8, 4) is 0 Å². The van der Waals surface area contributed by atoms with Crippen molar-refractivity contribution in [3.05, 3.63) is 0 Å². The number of carbonyl (C=O) groups excluding carboxylic acids is 2. The molecular formula is C22H42O4Sn. The number of rotatable bonds is 18. The summed E-state index contributed by atoms with van der Waals surface area (Å²) < 4.78 is 12.8. The Bertz CT molecular complexity index is 339. The van der Waals surface area contributed by atoms with Crippen LogP contribution in [-0.2, 0) is 19.1 Å². The van der Waals surface area contributed by atoms with Gasteiger partial charge in [0.2, 0.25) is 0 Å². The molecule has 27 heavy (non-hydrogen) atoms. The summed E-state index contributed by atoms with van der Waals surface area (Å²) in [6.45, 7) is 9.85. The van der Waals surface area contributed by atoms with Crippen LogP contribution in [0.25, 0.3) is 0 Å². The summed E-state index contributed by atoms with van der Waals surface area (Å²) in [6, 6.07) is 0. The molecule has 0 rings (SSSR count). The molecule has 0 aromatic heterocycles. The number of esters is 2. The molecule has 0 aliphatic rings. The maximum atomic E-state index is 11.8. The van der Waals surface area contributed by atoms with E-state index in [4.69, 9.17) is 9.47 Å². The third-order valence-corrected chi connectivity index (χ3v) is 8.50. The molecule has 0 aromatic rings. The van der Waals surface area contributed by atoms with Gasteiger partial charge in [-0.05, 0) is 0 Å². The van der Waals surface area contributed by atoms with Gasteiger partial charge in [0.25, 0.3) is 0 Å². The molecular weight excluding hydrogens is 447 g/mol. The average Bonchev–Trinajstić information content (AvgIpc) is 2.68. The summed E-state index contributed by atoms with van der Waals surface area (Å²) in [7, 11) is 0. The quantitative estimate of drug-likeness (QED) is 0.138. The van der Waals surface area contributed by atoms with E-state index in [0.29, 0.717) is 37.9 Å². The molecule has 158 valence electrons. The van der Waals surface area contributed by atoms with E-state index in [1.165, 1.54) is 25.7 Å². The predicted molar refractivity (Wildman–Crippen MR) is 113 cm³/mol. The van der Waals surface area contributed by atoms with Gasteiger partial charge in [0, 0.05) is 0 Å². The van der Waals surface area contributed by atoms with E-state index in [2.05, 4.69) is 27.7 Å². The van der Waals surface area contributed by atoms with Crippen molar-refractivity contribution in [2.75, 3.05) is 13.2 Å². The minimum absolute atomic E-state index is 0.0601. The molecule has 0 aliphatic heterocycles. The standard InChI is InChI=1S/2C11H21O2.Sn/c2*1-4-7-8-10(5-2)9-13-11(12)6-3;/h2*10H,3-9H2,1-2H3;. The van der Waals surface area contributed by atoms with E-state index in [0.717, 1.165) is 34.6 Å². The number of hydrogen-bond donors (Lipinski definition) is 0. The first-order valence-corrected chi connectivity index (χ1v) is 15.1. The molecule has 2 atom stereocenters. The molecule has 0 amide bonds. The number of ether oxygens (including phenoxy) is 2. The average molecular weight is 489 g/mol. The van der Waals surface area contributed by atoms with Crippen LogP contribution < -0.4 is 0 Å². The zero-order chi connectivity index (χ0) is 20.3. The number of carbonyl (C=O) groups is 2. The third kappa shape index (κ3) is 16.4. The maximum absolute atomic E-state index is 11.8. The summed E-state index contributed by atoms with van der Waals surface area (Å²) >= 11 is -0.666. The summed E-state index contributed by atoms with van der Waals surface area (Å²) in [5.41, 5.74) is 0. The second kappa shape index (κ2) is 19.1. The van der Waals surface area contributed by atoms with Crippen LogP contribution in [0.15, 0.2) is 0 Å². The Balaban J connectivity index is 3.68. The molecule has 0 heterocycles. The van der Waals surface area contributed by atoms with E-state index in [1.54, 1.807) is 0 Å². The van der Waals surface area contributed by atoms with Crippen LogP contribution in [0.5, 0.6) is 0 Å². The summed E-state index contributed by atoms with van der Waals surface area (Å²) in [5.74, 6) is 0.895. The molecule has 0 aromatic carbocycles. The predicted octanol–water partition coefficient (Wildman–Crippen LogP) is 5.83. The monoisotopic (exact) mass is 490 g/mol. The van der Waals surface area contributed by atoms with Crippen molar-refractivity contribution < 1.29 is 19.1 Å². The van der Waals surface area contributed by atoms with E-state index in [1.807, 2.05) is 0 Å². The van der Waals surface area contributed by atoms with Gasteiger partial charge in [0.05, 0.1) is 0 Å². The molecule has 0 bridgehead atoms. The van der Waals surface area contributed by atoms with Crippen molar-refractivity contribution in [2.24, 2.45) is 11.8 Å². The van der Waals surface area contributed by atoms with Crippen LogP contribution in [-0.4, -0.2) is 46.3 Å². The van der Waals surface area contributed by atoms with Crippen molar-refractivity contribution in [1.29, 1.82) is 0 Å². The van der Waals surface area contributed by atoms with Gasteiger partial charge in [-0.2, -0.15) is 0 Å². The second-order valence-corrected chi connectivity index (χ2v) is 11.7. The van der Waals surface area contributed by atoms with Crippen LogP contribution in [0.2, 0.25) is 8.87 Å². The zero-order valence-corrected chi connectivity index (χ0v) is 21.0. The van der Waals surface area contributed by atoms with Gasteiger partial charge >= 0.3 is 178 Å². The molecule has 2 radical (unpaired) electrons. The van der Waals surface area contributed by atoms with Gasteiger partial charge < -0.3 is 0 Å². The molecule has 0 N–H and O–H groups in total. The van der Waals surface area contributed by atoms with Crippen molar-refractivity contribution in [2.45, 2.75) is 101 Å².